The summed E-state index contributed by atoms with van der Waals surface area (Å²) in [4.78, 5) is 27.9. The summed E-state index contributed by atoms with van der Waals surface area (Å²) >= 11 is 1.39. The molecular weight excluding hydrogens is 278 g/mol. The molecule has 1 amide bonds. The van der Waals surface area contributed by atoms with Crippen molar-refractivity contribution in [3.63, 3.8) is 0 Å². The van der Waals surface area contributed by atoms with Crippen molar-refractivity contribution in [3.05, 3.63) is 16.1 Å². The van der Waals surface area contributed by atoms with E-state index in [0.717, 1.165) is 5.01 Å². The predicted molar refractivity (Wildman–Crippen MR) is 77.6 cm³/mol. The van der Waals surface area contributed by atoms with Crippen LogP contribution >= 0.6 is 11.3 Å². The summed E-state index contributed by atoms with van der Waals surface area (Å²) in [6.07, 6.45) is 1.17. The highest BCUT2D eigenvalue weighted by atomic mass is 32.1. The number of amides is 1. The number of hydrogen-bond acceptors (Lipinski definition) is 6. The Morgan fingerprint density at radius 3 is 2.75 bits per heavy atom. The molecule has 0 saturated heterocycles. The van der Waals surface area contributed by atoms with Crippen LogP contribution in [0.4, 0.5) is 0 Å². The highest BCUT2D eigenvalue weighted by Crippen LogP contribution is 2.12. The average molecular weight is 299 g/mol. The van der Waals surface area contributed by atoms with Gasteiger partial charge in [-0.05, 0) is 18.9 Å². The van der Waals surface area contributed by atoms with E-state index in [9.17, 15) is 9.59 Å². The van der Waals surface area contributed by atoms with Gasteiger partial charge in [-0.2, -0.15) is 0 Å². The Morgan fingerprint density at radius 1 is 1.50 bits per heavy atom. The molecule has 1 atom stereocenters. The van der Waals surface area contributed by atoms with E-state index in [2.05, 4.69) is 10.3 Å². The number of methoxy groups -OCH3 is 1. The SMILES string of the molecule is COC(=O)C(CC(C)C)NC(=O)c1csc(CCN)n1. The number of carbonyl (C=O) groups is 2. The number of aromatic nitrogens is 1. The molecule has 7 heteroatoms. The maximum atomic E-state index is 12.1. The lowest BCUT2D eigenvalue weighted by molar-refractivity contribution is -0.143. The molecule has 112 valence electrons. The Kier molecular flexibility index (Phi) is 6.60. The van der Waals surface area contributed by atoms with Crippen LogP contribution in [0.25, 0.3) is 0 Å². The van der Waals surface area contributed by atoms with Crippen LogP contribution in [-0.2, 0) is 16.0 Å². The molecule has 0 aromatic carbocycles. The summed E-state index contributed by atoms with van der Waals surface area (Å²) in [6, 6.07) is -0.646. The molecule has 0 spiro atoms. The van der Waals surface area contributed by atoms with Crippen molar-refractivity contribution in [2.45, 2.75) is 32.7 Å². The fourth-order valence-electron chi connectivity index (χ4n) is 1.71. The molecule has 6 nitrogen and oxygen atoms in total. The number of carbonyl (C=O) groups excluding carboxylic acids is 2. The quantitative estimate of drug-likeness (QED) is 0.731. The van der Waals surface area contributed by atoms with E-state index < -0.39 is 12.0 Å². The number of thiazole rings is 1. The number of ether oxygens (including phenoxy) is 1. The standard InChI is InChI=1S/C13H21N3O3S/c1-8(2)6-9(13(18)19-3)16-12(17)10-7-20-11(15-10)4-5-14/h7-9H,4-6,14H2,1-3H3,(H,16,17). The molecule has 1 aromatic heterocycles. The zero-order chi connectivity index (χ0) is 15.1. The summed E-state index contributed by atoms with van der Waals surface area (Å²) in [5, 5.41) is 5.16. The Labute approximate surface area is 122 Å². The molecule has 3 N–H and O–H groups in total. The van der Waals surface area contributed by atoms with Crippen LogP contribution < -0.4 is 11.1 Å². The van der Waals surface area contributed by atoms with Crippen molar-refractivity contribution >= 4 is 23.2 Å². The minimum Gasteiger partial charge on any atom is -0.467 e. The Bertz CT molecular complexity index is 459. The zero-order valence-electron chi connectivity index (χ0n) is 12.0. The molecule has 0 bridgehead atoms. The fourth-order valence-corrected chi connectivity index (χ4v) is 2.51. The summed E-state index contributed by atoms with van der Waals surface area (Å²) in [6.45, 7) is 4.45. The van der Waals surface area contributed by atoms with E-state index in [1.807, 2.05) is 13.8 Å². The van der Waals surface area contributed by atoms with Crippen molar-refractivity contribution in [1.82, 2.24) is 10.3 Å². The molecule has 1 rings (SSSR count). The van der Waals surface area contributed by atoms with Gasteiger partial charge in [0.1, 0.15) is 11.7 Å². The van der Waals surface area contributed by atoms with E-state index in [4.69, 9.17) is 10.5 Å². The molecular formula is C13H21N3O3S. The van der Waals surface area contributed by atoms with Gasteiger partial charge in [-0.15, -0.1) is 11.3 Å². The maximum absolute atomic E-state index is 12.1. The van der Waals surface area contributed by atoms with Crippen LogP contribution in [0.15, 0.2) is 5.38 Å². The van der Waals surface area contributed by atoms with Crippen molar-refractivity contribution in [3.8, 4) is 0 Å². The fraction of sp³-hybridized carbons (Fsp3) is 0.615. The second kappa shape index (κ2) is 7.96. The number of nitrogens with one attached hydrogen (secondary N) is 1. The molecule has 0 aliphatic carbocycles. The minimum absolute atomic E-state index is 0.266. The van der Waals surface area contributed by atoms with Crippen LogP contribution in [-0.4, -0.2) is 36.6 Å². The highest BCUT2D eigenvalue weighted by molar-refractivity contribution is 7.09. The topological polar surface area (TPSA) is 94.3 Å². The summed E-state index contributed by atoms with van der Waals surface area (Å²) in [5.41, 5.74) is 5.76. The molecule has 0 fully saturated rings. The first-order valence-electron chi connectivity index (χ1n) is 6.51. The predicted octanol–water partition coefficient (Wildman–Crippen LogP) is 0.962. The number of nitrogens with zero attached hydrogens (tertiary/aromatic N) is 1. The van der Waals surface area contributed by atoms with Gasteiger partial charge in [0.05, 0.1) is 12.1 Å². The molecule has 0 aliphatic heterocycles. The van der Waals surface area contributed by atoms with E-state index in [0.29, 0.717) is 25.1 Å². The first-order chi connectivity index (χ1) is 9.47. The Balaban J connectivity index is 2.71. The van der Waals surface area contributed by atoms with Gasteiger partial charge in [0.25, 0.3) is 5.91 Å². The van der Waals surface area contributed by atoms with Crippen molar-refractivity contribution in [2.24, 2.45) is 11.7 Å². The summed E-state index contributed by atoms with van der Waals surface area (Å²) in [7, 11) is 1.31. The first kappa shape index (κ1) is 16.6. The van der Waals surface area contributed by atoms with Crippen LogP contribution in [0.2, 0.25) is 0 Å². The number of rotatable bonds is 7. The van der Waals surface area contributed by atoms with E-state index in [1.54, 1.807) is 5.38 Å². The van der Waals surface area contributed by atoms with Gasteiger partial charge < -0.3 is 15.8 Å². The number of esters is 1. The van der Waals surface area contributed by atoms with E-state index in [1.165, 1.54) is 18.4 Å². The van der Waals surface area contributed by atoms with Gasteiger partial charge >= 0.3 is 5.97 Å². The van der Waals surface area contributed by atoms with Gasteiger partial charge in [-0.3, -0.25) is 4.79 Å². The monoisotopic (exact) mass is 299 g/mol. The van der Waals surface area contributed by atoms with Crippen molar-refractivity contribution in [2.75, 3.05) is 13.7 Å². The average Bonchev–Trinajstić information content (AvgIpc) is 2.85. The third-order valence-electron chi connectivity index (χ3n) is 2.64. The van der Waals surface area contributed by atoms with Crippen LogP contribution in [0.5, 0.6) is 0 Å². The first-order valence-corrected chi connectivity index (χ1v) is 7.39. The lowest BCUT2D eigenvalue weighted by Gasteiger charge is -2.17. The Hall–Kier alpha value is -1.47. The minimum atomic E-state index is -0.646. The second-order valence-corrected chi connectivity index (χ2v) is 5.79. The lowest BCUT2D eigenvalue weighted by atomic mass is 10.0. The molecule has 1 unspecified atom stereocenters. The van der Waals surface area contributed by atoms with E-state index >= 15 is 0 Å². The smallest absolute Gasteiger partial charge is 0.328 e. The largest absolute Gasteiger partial charge is 0.467 e. The second-order valence-electron chi connectivity index (χ2n) is 4.84. The lowest BCUT2D eigenvalue weighted by Crippen LogP contribution is -2.42. The summed E-state index contributed by atoms with van der Waals surface area (Å²) < 4.78 is 4.71. The number of hydrogen-bond donors (Lipinski definition) is 2. The van der Waals surface area contributed by atoms with Gasteiger partial charge in [0, 0.05) is 11.8 Å². The highest BCUT2D eigenvalue weighted by Gasteiger charge is 2.24. The molecule has 0 aliphatic rings. The molecule has 0 radical (unpaired) electrons. The van der Waals surface area contributed by atoms with E-state index in [-0.39, 0.29) is 11.8 Å². The third-order valence-corrected chi connectivity index (χ3v) is 3.55. The van der Waals surface area contributed by atoms with Gasteiger partial charge in [-0.1, -0.05) is 13.8 Å². The molecule has 1 heterocycles. The number of nitrogens with two attached hydrogens (primary N) is 1. The van der Waals surface area contributed by atoms with Crippen LogP contribution in [0.3, 0.4) is 0 Å². The summed E-state index contributed by atoms with van der Waals surface area (Å²) in [5.74, 6) is -0.535. The van der Waals surface area contributed by atoms with Gasteiger partial charge in [0.15, 0.2) is 0 Å². The van der Waals surface area contributed by atoms with Crippen LogP contribution in [0, 0.1) is 5.92 Å². The zero-order valence-corrected chi connectivity index (χ0v) is 12.8. The third kappa shape index (κ3) is 4.90. The van der Waals surface area contributed by atoms with Gasteiger partial charge in [0.2, 0.25) is 0 Å². The molecule has 20 heavy (non-hydrogen) atoms. The normalized spacial score (nSPS) is 12.2. The van der Waals surface area contributed by atoms with Crippen molar-refractivity contribution < 1.29 is 14.3 Å². The van der Waals surface area contributed by atoms with Gasteiger partial charge in [-0.25, -0.2) is 9.78 Å². The Morgan fingerprint density at radius 2 is 2.20 bits per heavy atom. The maximum Gasteiger partial charge on any atom is 0.328 e. The van der Waals surface area contributed by atoms with Crippen LogP contribution in [0.1, 0.15) is 35.8 Å². The molecule has 1 aromatic rings. The molecule has 0 saturated carbocycles. The van der Waals surface area contributed by atoms with Crippen molar-refractivity contribution in [1.29, 1.82) is 0 Å².